The molecule has 0 amide bonds. The third-order valence-corrected chi connectivity index (χ3v) is 6.71. The van der Waals surface area contributed by atoms with Crippen molar-refractivity contribution >= 4 is 56.5 Å². The zero-order valence-electron chi connectivity index (χ0n) is 17.8. The first-order valence-electron chi connectivity index (χ1n) is 10.6. The Morgan fingerprint density at radius 1 is 0.647 bits per heavy atom. The van der Waals surface area contributed by atoms with Crippen molar-refractivity contribution in [1.82, 2.24) is 19.9 Å². The molecule has 34 heavy (non-hydrogen) atoms. The first kappa shape index (κ1) is 20.2. The monoisotopic (exact) mass is 466 g/mol. The number of hydrogen-bond acceptors (Lipinski definition) is 5. The highest BCUT2D eigenvalue weighted by Crippen LogP contribution is 2.27. The summed E-state index contributed by atoms with van der Waals surface area (Å²) < 4.78 is 32.3. The van der Waals surface area contributed by atoms with Crippen molar-refractivity contribution in [3.63, 3.8) is 0 Å². The zero-order valence-corrected chi connectivity index (χ0v) is 18.6. The average Bonchev–Trinajstić information content (AvgIpc) is 3.60. The van der Waals surface area contributed by atoms with Gasteiger partial charge < -0.3 is 14.2 Å². The van der Waals surface area contributed by atoms with Gasteiger partial charge in [0.05, 0.1) is 28.3 Å². The van der Waals surface area contributed by atoms with Crippen LogP contribution in [0, 0.1) is 0 Å². The van der Waals surface area contributed by atoms with Gasteiger partial charge in [-0.2, -0.15) is 8.42 Å². The number of fused-ring (bicyclic) bond motifs is 8. The largest absolute Gasteiger partial charge is 0.379 e. The molecule has 0 radical (unpaired) electrons. The van der Waals surface area contributed by atoms with Crippen LogP contribution in [-0.4, -0.2) is 28.4 Å². The normalized spacial score (nSPS) is 12.7. The molecule has 166 valence electrons. The fourth-order valence-corrected chi connectivity index (χ4v) is 5.10. The number of nitrogens with one attached hydrogen (secondary N) is 2. The number of rotatable bonds is 3. The summed E-state index contributed by atoms with van der Waals surface area (Å²) in [5, 5.41) is 0. The summed E-state index contributed by atoms with van der Waals surface area (Å²) >= 11 is 0. The predicted molar refractivity (Wildman–Crippen MR) is 133 cm³/mol. The van der Waals surface area contributed by atoms with Crippen LogP contribution in [-0.2, 0) is 10.1 Å². The van der Waals surface area contributed by atoms with Gasteiger partial charge in [-0.1, -0.05) is 18.2 Å². The Morgan fingerprint density at radius 2 is 1.24 bits per heavy atom. The number of para-hydroxylation sites is 1. The van der Waals surface area contributed by atoms with Crippen LogP contribution in [0.15, 0.2) is 77.7 Å². The Labute approximate surface area is 195 Å². The molecule has 2 aliphatic heterocycles. The lowest BCUT2D eigenvalue weighted by Crippen LogP contribution is -2.11. The van der Waals surface area contributed by atoms with E-state index < -0.39 is 10.1 Å². The smallest absolute Gasteiger partial charge is 0.343 e. The maximum atomic E-state index is 13.4. The van der Waals surface area contributed by atoms with Gasteiger partial charge in [0.2, 0.25) is 0 Å². The molecule has 3 aromatic heterocycles. The van der Waals surface area contributed by atoms with E-state index >= 15 is 0 Å². The molecule has 1 aromatic carbocycles. The Morgan fingerprint density at radius 3 is 1.94 bits per heavy atom. The van der Waals surface area contributed by atoms with Gasteiger partial charge in [-0.15, -0.1) is 0 Å². The SMILES string of the molecule is O=S(=O)(Oc1ccccc1)c1c2nc(cc3ccc(cc4nc(cc5ccc1[nH]5)C=C4)[nH]3)C=C2. The van der Waals surface area contributed by atoms with Crippen LogP contribution < -0.4 is 4.18 Å². The number of nitrogens with zero attached hydrogens (tertiary/aromatic N) is 2. The van der Waals surface area contributed by atoms with E-state index in [0.29, 0.717) is 16.7 Å². The van der Waals surface area contributed by atoms with Crippen molar-refractivity contribution in [3.05, 3.63) is 95.6 Å². The van der Waals surface area contributed by atoms with Crippen LogP contribution in [0.2, 0.25) is 0 Å². The van der Waals surface area contributed by atoms with Crippen LogP contribution >= 0.6 is 0 Å². The lowest BCUT2D eigenvalue weighted by molar-refractivity contribution is 0.486. The molecule has 7 nitrogen and oxygen atoms in total. The van der Waals surface area contributed by atoms with Gasteiger partial charge in [-0.05, 0) is 78.9 Å². The molecule has 4 aromatic rings. The minimum atomic E-state index is -4.21. The van der Waals surface area contributed by atoms with Crippen molar-refractivity contribution in [2.75, 3.05) is 0 Å². The third kappa shape index (κ3) is 3.91. The molecule has 0 saturated carbocycles. The fourth-order valence-electron chi connectivity index (χ4n) is 3.89. The van der Waals surface area contributed by atoms with Gasteiger partial charge >= 0.3 is 10.1 Å². The lowest BCUT2D eigenvalue weighted by atomic mass is 10.3. The van der Waals surface area contributed by atoms with E-state index in [1.54, 1.807) is 54.6 Å². The van der Waals surface area contributed by atoms with E-state index in [1.807, 2.05) is 42.5 Å². The van der Waals surface area contributed by atoms with Crippen LogP contribution in [0.1, 0.15) is 22.8 Å². The minimum absolute atomic E-state index is 0.0422. The molecule has 5 heterocycles. The van der Waals surface area contributed by atoms with Crippen LogP contribution in [0.25, 0.3) is 46.4 Å². The quantitative estimate of drug-likeness (QED) is 0.339. The minimum Gasteiger partial charge on any atom is -0.379 e. The van der Waals surface area contributed by atoms with Gasteiger partial charge in [0.15, 0.2) is 4.90 Å². The Hall–Kier alpha value is -4.43. The molecule has 0 unspecified atom stereocenters. The highest BCUT2D eigenvalue weighted by molar-refractivity contribution is 7.87. The van der Waals surface area contributed by atoms with Gasteiger partial charge in [0.25, 0.3) is 0 Å². The van der Waals surface area contributed by atoms with Crippen LogP contribution in [0.3, 0.4) is 0 Å². The molecule has 0 spiro atoms. The lowest BCUT2D eigenvalue weighted by Gasteiger charge is -2.07. The molecular weight excluding hydrogens is 448 g/mol. The second-order valence-corrected chi connectivity index (χ2v) is 9.34. The highest BCUT2D eigenvalue weighted by atomic mass is 32.2. The van der Waals surface area contributed by atoms with E-state index in [-0.39, 0.29) is 16.3 Å². The van der Waals surface area contributed by atoms with Crippen molar-refractivity contribution in [2.24, 2.45) is 0 Å². The summed E-state index contributed by atoms with van der Waals surface area (Å²) in [7, 11) is -4.21. The molecule has 2 N–H and O–H groups in total. The Bertz CT molecular complexity index is 1750. The predicted octanol–water partition coefficient (Wildman–Crippen LogP) is 5.42. The third-order valence-electron chi connectivity index (χ3n) is 5.37. The van der Waals surface area contributed by atoms with E-state index in [4.69, 9.17) is 4.18 Å². The first-order chi connectivity index (χ1) is 16.5. The van der Waals surface area contributed by atoms with Gasteiger partial charge in [0, 0.05) is 16.6 Å². The second-order valence-electron chi connectivity index (χ2n) is 7.86. The average molecular weight is 467 g/mol. The van der Waals surface area contributed by atoms with E-state index in [2.05, 4.69) is 19.9 Å². The molecule has 0 fully saturated rings. The number of aromatic nitrogens is 4. The first-order valence-corrected chi connectivity index (χ1v) is 12.0. The molecule has 0 aliphatic carbocycles. The van der Waals surface area contributed by atoms with Crippen molar-refractivity contribution in [3.8, 4) is 5.75 Å². The number of H-pyrrole nitrogens is 2. The van der Waals surface area contributed by atoms with Gasteiger partial charge in [-0.3, -0.25) is 0 Å². The summed E-state index contributed by atoms with van der Waals surface area (Å²) in [6.07, 6.45) is 7.29. The van der Waals surface area contributed by atoms with E-state index in [0.717, 1.165) is 22.4 Å². The summed E-state index contributed by atoms with van der Waals surface area (Å²) in [5.74, 6) is 0.225. The Kier molecular flexibility index (Phi) is 4.67. The fraction of sp³-hybridized carbons (Fsp3) is 0. The molecule has 6 rings (SSSR count). The van der Waals surface area contributed by atoms with Crippen molar-refractivity contribution < 1.29 is 12.6 Å². The highest BCUT2D eigenvalue weighted by Gasteiger charge is 2.24. The molecule has 2 aliphatic rings. The summed E-state index contributed by atoms with van der Waals surface area (Å²) in [6, 6.07) is 21.5. The zero-order chi connectivity index (χ0) is 23.1. The maximum absolute atomic E-state index is 13.4. The Balaban J connectivity index is 1.65. The summed E-state index contributed by atoms with van der Waals surface area (Å²) in [6.45, 7) is 0. The van der Waals surface area contributed by atoms with E-state index in [1.165, 1.54) is 0 Å². The van der Waals surface area contributed by atoms with Crippen LogP contribution in [0.4, 0.5) is 0 Å². The van der Waals surface area contributed by atoms with Crippen molar-refractivity contribution in [2.45, 2.75) is 4.90 Å². The standard InChI is InChI=1S/C26H18N4O3S/c31-34(32,33-23-4-2-1-3-5-23)26-24-12-10-21(29-24)15-19-8-6-17(27-19)14-18-7-9-20(28-18)16-22-11-13-25(26)30-22/h1-16,27,30H. The summed E-state index contributed by atoms with van der Waals surface area (Å²) in [4.78, 5) is 15.6. The number of aromatic amines is 2. The number of hydrogen-bond donors (Lipinski definition) is 2. The molecular formula is C26H18N4O3S. The van der Waals surface area contributed by atoms with Gasteiger partial charge in [0.1, 0.15) is 5.75 Å². The second kappa shape index (κ2) is 7.86. The summed E-state index contributed by atoms with van der Waals surface area (Å²) in [5.41, 5.74) is 5.31. The number of benzene rings is 1. The van der Waals surface area contributed by atoms with E-state index in [9.17, 15) is 8.42 Å². The maximum Gasteiger partial charge on any atom is 0.343 e. The molecule has 0 atom stereocenters. The van der Waals surface area contributed by atoms with Gasteiger partial charge in [-0.25, -0.2) is 9.97 Å². The van der Waals surface area contributed by atoms with Crippen LogP contribution in [0.5, 0.6) is 5.75 Å². The molecule has 0 saturated heterocycles. The topological polar surface area (TPSA) is 101 Å². The molecule has 8 heteroatoms. The van der Waals surface area contributed by atoms with Crippen molar-refractivity contribution in [1.29, 1.82) is 0 Å². The molecule has 8 bridgehead atoms.